The molecule has 0 amide bonds. The zero-order valence-electron chi connectivity index (χ0n) is 8.07. The van der Waals surface area contributed by atoms with Gasteiger partial charge in [-0.15, -0.1) is 0 Å². The highest BCUT2D eigenvalue weighted by Gasteiger charge is 2.27. The molecule has 0 saturated carbocycles. The highest BCUT2D eigenvalue weighted by atomic mass is 29.2. The Morgan fingerprint density at radius 2 is 0.750 bits per heavy atom. The molecule has 12 heavy (non-hydrogen) atoms. The molecule has 0 aromatic heterocycles. The van der Waals surface area contributed by atoms with Crippen LogP contribution in [0.15, 0.2) is 0 Å². The minimum absolute atomic E-state index is 0.240. The zero-order valence-corrected chi connectivity index (χ0v) is 10.1. The van der Waals surface area contributed by atoms with E-state index >= 15 is 0 Å². The summed E-state index contributed by atoms with van der Waals surface area (Å²) in [6, 6.07) is 6.83. The Bertz CT molecular complexity index is 108. The number of rotatable bonds is 0. The lowest BCUT2D eigenvalue weighted by Crippen LogP contribution is -2.32. The molecule has 0 spiro atoms. The van der Waals surface area contributed by atoms with E-state index < -0.39 is 0 Å². The molecular weight excluding hydrogens is 176 g/mol. The third-order valence-electron chi connectivity index (χ3n) is 3.41. The Labute approximate surface area is 79.8 Å². The molecule has 2 aliphatic rings. The van der Waals surface area contributed by atoms with Gasteiger partial charge in [0.25, 0.3) is 0 Å². The molecule has 0 aliphatic carbocycles. The van der Waals surface area contributed by atoms with E-state index in [1.165, 1.54) is 0 Å². The second kappa shape index (κ2) is 4.61. The fraction of sp³-hybridized carbons (Fsp3) is 1.00. The van der Waals surface area contributed by atoms with Gasteiger partial charge >= 0.3 is 0 Å². The van der Waals surface area contributed by atoms with Gasteiger partial charge in [0.1, 0.15) is 0 Å². The van der Waals surface area contributed by atoms with Crippen molar-refractivity contribution in [1.82, 2.24) is 0 Å². The summed E-state index contributed by atoms with van der Waals surface area (Å²) >= 11 is 0. The van der Waals surface area contributed by atoms with Crippen LogP contribution in [0.2, 0.25) is 24.2 Å². The first-order chi connectivity index (χ1) is 5.97. The number of hydrogen-bond acceptors (Lipinski definition) is 0. The largest absolute Gasteiger partial charge is 0.0612 e. The Morgan fingerprint density at radius 1 is 0.417 bits per heavy atom. The predicted octanol–water partition coefficient (Wildman–Crippen LogP) is 3.42. The lowest BCUT2D eigenvalue weighted by molar-refractivity contribution is 0.746. The molecule has 68 valence electrons. The standard InChI is InChI=1S/C10H20Si2/c1-3-7-11-9-5-2-6-10-12(11)8-4-1/h1-10H2. The van der Waals surface area contributed by atoms with Gasteiger partial charge in [-0.05, 0) is 0 Å². The lowest BCUT2D eigenvalue weighted by Gasteiger charge is -2.18. The van der Waals surface area contributed by atoms with Crippen molar-refractivity contribution < 1.29 is 0 Å². The van der Waals surface area contributed by atoms with Crippen LogP contribution in [0.4, 0.5) is 0 Å². The van der Waals surface area contributed by atoms with Crippen molar-refractivity contribution in [2.24, 2.45) is 0 Å². The summed E-state index contributed by atoms with van der Waals surface area (Å²) in [5.41, 5.74) is 0. The van der Waals surface area contributed by atoms with Crippen LogP contribution >= 0.6 is 0 Å². The summed E-state index contributed by atoms with van der Waals surface area (Å²) in [7, 11) is 0.480. The van der Waals surface area contributed by atoms with Gasteiger partial charge in [0.05, 0.1) is 0 Å². The maximum atomic E-state index is 1.71. The zero-order chi connectivity index (χ0) is 8.23. The van der Waals surface area contributed by atoms with Crippen molar-refractivity contribution in [2.45, 2.75) is 62.7 Å². The Kier molecular flexibility index (Phi) is 3.46. The molecule has 0 unspecified atom stereocenters. The van der Waals surface area contributed by atoms with Crippen LogP contribution in [-0.4, -0.2) is 16.6 Å². The van der Waals surface area contributed by atoms with Gasteiger partial charge in [0.2, 0.25) is 0 Å². The van der Waals surface area contributed by atoms with E-state index in [0.717, 1.165) is 0 Å². The van der Waals surface area contributed by atoms with Gasteiger partial charge < -0.3 is 0 Å². The molecule has 0 N–H and O–H groups in total. The van der Waals surface area contributed by atoms with Gasteiger partial charge in [-0.1, -0.05) is 62.7 Å². The van der Waals surface area contributed by atoms with Crippen LogP contribution in [-0.2, 0) is 0 Å². The minimum Gasteiger partial charge on any atom is -0.0612 e. The van der Waals surface area contributed by atoms with E-state index in [-0.39, 0.29) is 16.6 Å². The van der Waals surface area contributed by atoms with Gasteiger partial charge in [0.15, 0.2) is 0 Å². The first-order valence-corrected chi connectivity index (χ1v) is 10.5. The third-order valence-corrected chi connectivity index (χ3v) is 14.2. The van der Waals surface area contributed by atoms with Crippen LogP contribution in [0.5, 0.6) is 0 Å². The third kappa shape index (κ3) is 2.22. The van der Waals surface area contributed by atoms with Crippen LogP contribution in [0.25, 0.3) is 0 Å². The highest BCUT2D eigenvalue weighted by Crippen LogP contribution is 2.28. The lowest BCUT2D eigenvalue weighted by atomic mass is 10.3. The van der Waals surface area contributed by atoms with Gasteiger partial charge in [-0.25, -0.2) is 0 Å². The Morgan fingerprint density at radius 3 is 1.08 bits per heavy atom. The highest BCUT2D eigenvalue weighted by molar-refractivity contribution is 7.22. The van der Waals surface area contributed by atoms with E-state index in [1.54, 1.807) is 62.7 Å². The van der Waals surface area contributed by atoms with Crippen molar-refractivity contribution in [2.75, 3.05) is 0 Å². The fourth-order valence-electron chi connectivity index (χ4n) is 2.66. The topological polar surface area (TPSA) is 0 Å². The number of hydrogen-bond donors (Lipinski definition) is 0. The predicted molar refractivity (Wildman–Crippen MR) is 58.4 cm³/mol. The van der Waals surface area contributed by atoms with E-state index in [4.69, 9.17) is 0 Å². The Hall–Kier alpha value is 0.434. The second-order valence-electron chi connectivity index (χ2n) is 4.33. The summed E-state index contributed by atoms with van der Waals surface area (Å²) in [5.74, 6) is 0. The summed E-state index contributed by atoms with van der Waals surface area (Å²) in [5, 5.41) is 0. The van der Waals surface area contributed by atoms with Crippen LogP contribution in [0, 0.1) is 0 Å². The van der Waals surface area contributed by atoms with Gasteiger partial charge in [-0.2, -0.15) is 0 Å². The summed E-state index contributed by atoms with van der Waals surface area (Å²) < 4.78 is 0. The van der Waals surface area contributed by atoms with E-state index in [2.05, 4.69) is 0 Å². The molecule has 0 nitrogen and oxygen atoms in total. The maximum Gasteiger partial charge on any atom is 0.0378 e. The van der Waals surface area contributed by atoms with Crippen molar-refractivity contribution in [1.29, 1.82) is 0 Å². The second-order valence-corrected chi connectivity index (χ2v) is 13.0. The van der Waals surface area contributed by atoms with E-state index in [9.17, 15) is 0 Å². The summed E-state index contributed by atoms with van der Waals surface area (Å²) in [6.07, 6.45) is 9.54. The quantitative estimate of drug-likeness (QED) is 0.521. The summed E-state index contributed by atoms with van der Waals surface area (Å²) in [4.78, 5) is 0. The molecule has 2 heterocycles. The van der Waals surface area contributed by atoms with Gasteiger partial charge in [0, 0.05) is 16.6 Å². The minimum atomic E-state index is 0.240. The maximum absolute atomic E-state index is 1.71. The molecule has 0 bridgehead atoms. The molecule has 2 fully saturated rings. The van der Waals surface area contributed by atoms with Crippen LogP contribution in [0.1, 0.15) is 38.5 Å². The SMILES string of the molecule is C1CC[Si]2CCCCC[Si]2CC1. The Balaban J connectivity index is 1.94. The van der Waals surface area contributed by atoms with Crippen molar-refractivity contribution in [3.05, 3.63) is 0 Å². The monoisotopic (exact) mass is 196 g/mol. The molecule has 2 rings (SSSR count). The molecule has 2 radical (unpaired) electrons. The molecule has 2 saturated heterocycles. The molecular formula is C10H20Si2. The molecule has 2 aliphatic heterocycles. The first-order valence-electron chi connectivity index (χ1n) is 5.66. The van der Waals surface area contributed by atoms with E-state index in [1.807, 2.05) is 0 Å². The van der Waals surface area contributed by atoms with Crippen molar-refractivity contribution >= 4 is 16.6 Å². The fourth-order valence-corrected chi connectivity index (χ4v) is 13.6. The smallest absolute Gasteiger partial charge is 0.0378 e. The summed E-state index contributed by atoms with van der Waals surface area (Å²) in [6.45, 7) is 0. The number of fused-ring (bicyclic) bond motifs is 1. The normalized spacial score (nSPS) is 29.0. The average Bonchev–Trinajstić information content (AvgIpc) is 2.38. The first kappa shape index (κ1) is 9.01. The van der Waals surface area contributed by atoms with Crippen molar-refractivity contribution in [3.8, 4) is 0 Å². The van der Waals surface area contributed by atoms with E-state index in [0.29, 0.717) is 0 Å². The molecule has 0 aromatic carbocycles. The van der Waals surface area contributed by atoms with Crippen molar-refractivity contribution in [3.63, 3.8) is 0 Å². The van der Waals surface area contributed by atoms with Gasteiger partial charge in [-0.3, -0.25) is 0 Å². The molecule has 0 aromatic rings. The average molecular weight is 196 g/mol. The molecule has 0 atom stereocenters. The van der Waals surface area contributed by atoms with Crippen LogP contribution < -0.4 is 0 Å². The molecule has 2 heteroatoms. The van der Waals surface area contributed by atoms with Crippen LogP contribution in [0.3, 0.4) is 0 Å².